The molecular weight excluding hydrogens is 298 g/mol. The van der Waals surface area contributed by atoms with Crippen molar-refractivity contribution in [1.82, 2.24) is 4.98 Å². The zero-order valence-electron chi connectivity index (χ0n) is 12.0. The van der Waals surface area contributed by atoms with Gasteiger partial charge in [0, 0.05) is 5.41 Å². The van der Waals surface area contributed by atoms with Gasteiger partial charge >= 0.3 is 5.82 Å². The molecule has 21 heavy (non-hydrogen) atoms. The largest absolute Gasteiger partial charge is 0.485 e. The van der Waals surface area contributed by atoms with Crippen LogP contribution < -0.4 is 9.88 Å². The van der Waals surface area contributed by atoms with Gasteiger partial charge in [0.05, 0.1) is 12.4 Å². The molecule has 0 spiro atoms. The van der Waals surface area contributed by atoms with Crippen molar-refractivity contribution in [2.75, 3.05) is 12.4 Å². The molecule has 0 radical (unpaired) electrons. The average molecular weight is 317 g/mol. The number of nitrogens with zero attached hydrogens (tertiary/aromatic N) is 2. The Hall–Kier alpha value is -1.74. The van der Waals surface area contributed by atoms with Gasteiger partial charge in [-0.25, -0.2) is 13.6 Å². The number of ether oxygens (including phenoxy) is 1. The molecule has 1 aromatic heterocycles. The fraction of sp³-hybridized carbons (Fsp3) is 0.583. The molecule has 0 saturated heterocycles. The van der Waals surface area contributed by atoms with E-state index in [1.165, 1.54) is 18.3 Å². The Morgan fingerprint density at radius 3 is 2.52 bits per heavy atom. The molecule has 8 nitrogen and oxygen atoms in total. The van der Waals surface area contributed by atoms with Crippen LogP contribution in [0.25, 0.3) is 0 Å². The Bertz CT molecular complexity index is 599. The van der Waals surface area contributed by atoms with Gasteiger partial charge in [0.25, 0.3) is 0 Å². The monoisotopic (exact) mass is 317 g/mol. The standard InChI is InChI=1S/C12H19N3O5S/c1-3-12(4-2,9-21(13,18)19)8-20-10-6-5-7-14-11(10)15(16)17/h5-7H,3-4,8-9H2,1-2H3,(H2,13,18,19). The lowest BCUT2D eigenvalue weighted by molar-refractivity contribution is -0.390. The number of primary sulfonamides is 1. The Kier molecular flexibility index (Phi) is 5.62. The molecule has 0 fully saturated rings. The van der Waals surface area contributed by atoms with Crippen LogP contribution in [0, 0.1) is 15.5 Å². The average Bonchev–Trinajstić information content (AvgIpc) is 2.42. The maximum absolute atomic E-state index is 11.4. The summed E-state index contributed by atoms with van der Waals surface area (Å²) in [7, 11) is -3.67. The van der Waals surface area contributed by atoms with E-state index >= 15 is 0 Å². The van der Waals surface area contributed by atoms with Crippen LogP contribution >= 0.6 is 0 Å². The van der Waals surface area contributed by atoms with Crippen molar-refractivity contribution in [1.29, 1.82) is 0 Å². The molecule has 0 atom stereocenters. The zero-order valence-corrected chi connectivity index (χ0v) is 12.8. The number of hydrogen-bond donors (Lipinski definition) is 1. The van der Waals surface area contributed by atoms with E-state index < -0.39 is 26.2 Å². The summed E-state index contributed by atoms with van der Waals surface area (Å²) in [6.07, 6.45) is 2.34. The van der Waals surface area contributed by atoms with Crippen molar-refractivity contribution in [2.45, 2.75) is 26.7 Å². The molecule has 9 heteroatoms. The highest BCUT2D eigenvalue weighted by atomic mass is 32.2. The van der Waals surface area contributed by atoms with E-state index in [0.717, 1.165) is 0 Å². The summed E-state index contributed by atoms with van der Waals surface area (Å²) < 4.78 is 28.2. The molecular formula is C12H19N3O5S. The lowest BCUT2D eigenvalue weighted by atomic mass is 9.85. The van der Waals surface area contributed by atoms with Crippen molar-refractivity contribution in [2.24, 2.45) is 10.6 Å². The maximum atomic E-state index is 11.4. The molecule has 0 saturated carbocycles. The third-order valence-corrected chi connectivity index (χ3v) is 4.48. The molecule has 118 valence electrons. The first-order valence-corrected chi connectivity index (χ1v) is 8.17. The number of nitrogens with two attached hydrogens (primary N) is 1. The van der Waals surface area contributed by atoms with Crippen LogP contribution in [0.5, 0.6) is 5.75 Å². The van der Waals surface area contributed by atoms with Crippen molar-refractivity contribution in [3.8, 4) is 5.75 Å². The zero-order chi connectivity index (χ0) is 16.1. The Morgan fingerprint density at radius 1 is 1.43 bits per heavy atom. The lowest BCUT2D eigenvalue weighted by Crippen LogP contribution is -2.37. The van der Waals surface area contributed by atoms with Gasteiger partial charge in [-0.05, 0) is 34.9 Å². The van der Waals surface area contributed by atoms with E-state index in [-0.39, 0.29) is 18.1 Å². The van der Waals surface area contributed by atoms with Gasteiger partial charge < -0.3 is 14.9 Å². The third-order valence-electron chi connectivity index (χ3n) is 3.47. The molecule has 0 bridgehead atoms. The molecule has 0 aliphatic rings. The summed E-state index contributed by atoms with van der Waals surface area (Å²) >= 11 is 0. The van der Waals surface area contributed by atoms with E-state index in [4.69, 9.17) is 9.88 Å². The molecule has 1 rings (SSSR count). The van der Waals surface area contributed by atoms with Crippen LogP contribution in [0.4, 0.5) is 5.82 Å². The van der Waals surface area contributed by atoms with Gasteiger partial charge in [-0.3, -0.25) is 0 Å². The van der Waals surface area contributed by atoms with E-state index in [1.807, 2.05) is 13.8 Å². The number of aromatic nitrogens is 1. The summed E-state index contributed by atoms with van der Waals surface area (Å²) in [5, 5.41) is 16.0. The second kappa shape index (κ2) is 6.81. The van der Waals surface area contributed by atoms with Crippen LogP contribution in [0.2, 0.25) is 0 Å². The molecule has 0 aliphatic carbocycles. The summed E-state index contributed by atoms with van der Waals surface area (Å²) in [5.41, 5.74) is -0.683. The van der Waals surface area contributed by atoms with E-state index in [2.05, 4.69) is 4.98 Å². The van der Waals surface area contributed by atoms with Crippen LogP contribution in [-0.4, -0.2) is 30.7 Å². The first-order valence-electron chi connectivity index (χ1n) is 6.45. The minimum Gasteiger partial charge on any atom is -0.485 e. The number of hydrogen-bond acceptors (Lipinski definition) is 6. The lowest BCUT2D eigenvalue weighted by Gasteiger charge is -2.30. The van der Waals surface area contributed by atoms with Crippen molar-refractivity contribution in [3.05, 3.63) is 28.4 Å². The highest BCUT2D eigenvalue weighted by Gasteiger charge is 2.33. The topological polar surface area (TPSA) is 125 Å². The smallest absolute Gasteiger partial charge is 0.406 e. The van der Waals surface area contributed by atoms with Gasteiger partial charge in [-0.2, -0.15) is 0 Å². The van der Waals surface area contributed by atoms with Gasteiger partial charge in [0.2, 0.25) is 15.8 Å². The Balaban J connectivity index is 2.95. The molecule has 0 unspecified atom stereocenters. The molecule has 0 aromatic carbocycles. The highest BCUT2D eigenvalue weighted by Crippen LogP contribution is 2.31. The van der Waals surface area contributed by atoms with E-state index in [0.29, 0.717) is 12.8 Å². The van der Waals surface area contributed by atoms with Crippen molar-refractivity contribution < 1.29 is 18.1 Å². The number of pyridine rings is 1. The minimum atomic E-state index is -3.67. The predicted molar refractivity (Wildman–Crippen MR) is 77.4 cm³/mol. The molecule has 0 aliphatic heterocycles. The molecule has 0 amide bonds. The van der Waals surface area contributed by atoms with Crippen LogP contribution in [0.15, 0.2) is 18.3 Å². The Morgan fingerprint density at radius 2 is 2.05 bits per heavy atom. The summed E-state index contributed by atoms with van der Waals surface area (Å²) in [6.45, 7) is 3.67. The third kappa shape index (κ3) is 4.94. The van der Waals surface area contributed by atoms with E-state index in [1.54, 1.807) is 0 Å². The fourth-order valence-corrected chi connectivity index (χ4v) is 3.33. The highest BCUT2D eigenvalue weighted by molar-refractivity contribution is 7.89. The van der Waals surface area contributed by atoms with Crippen molar-refractivity contribution >= 4 is 15.8 Å². The SMILES string of the molecule is CCC(CC)(COc1cccnc1[N+](=O)[O-])CS(N)(=O)=O. The second-order valence-electron chi connectivity index (χ2n) is 4.89. The number of sulfonamides is 1. The predicted octanol–water partition coefficient (Wildman–Crippen LogP) is 1.46. The van der Waals surface area contributed by atoms with Gasteiger partial charge in [0.1, 0.15) is 6.20 Å². The van der Waals surface area contributed by atoms with Gasteiger partial charge in [-0.15, -0.1) is 0 Å². The quantitative estimate of drug-likeness (QED) is 0.571. The maximum Gasteiger partial charge on any atom is 0.406 e. The summed E-state index contributed by atoms with van der Waals surface area (Å²) in [5.74, 6) is -0.612. The van der Waals surface area contributed by atoms with Gasteiger partial charge in [-0.1, -0.05) is 13.8 Å². The minimum absolute atomic E-state index is 0.0168. The first-order chi connectivity index (χ1) is 9.73. The fourth-order valence-electron chi connectivity index (χ4n) is 1.99. The van der Waals surface area contributed by atoms with E-state index in [9.17, 15) is 18.5 Å². The van der Waals surface area contributed by atoms with Crippen LogP contribution in [-0.2, 0) is 10.0 Å². The van der Waals surface area contributed by atoms with Gasteiger partial charge in [0.15, 0.2) is 0 Å². The van der Waals surface area contributed by atoms with Crippen LogP contribution in [0.3, 0.4) is 0 Å². The second-order valence-corrected chi connectivity index (χ2v) is 6.50. The number of rotatable bonds is 8. The molecule has 1 aromatic rings. The number of nitro groups is 1. The summed E-state index contributed by atoms with van der Waals surface area (Å²) in [6, 6.07) is 2.94. The van der Waals surface area contributed by atoms with Crippen molar-refractivity contribution in [3.63, 3.8) is 0 Å². The Labute approximate surface area is 123 Å². The molecule has 1 heterocycles. The normalized spacial score (nSPS) is 12.1. The molecule has 2 N–H and O–H groups in total. The van der Waals surface area contributed by atoms with Crippen LogP contribution in [0.1, 0.15) is 26.7 Å². The first kappa shape index (κ1) is 17.3. The summed E-state index contributed by atoms with van der Waals surface area (Å²) in [4.78, 5) is 13.9.